The standard InChI is InChI=1S/C14H21N3O4/c1-14(2,16-13(18)8-12(9-15)21-3)10-4-6-11(7-5-10)17(19)20/h4-7,12H,8-9,15H2,1-3H3,(H,16,18). The summed E-state index contributed by atoms with van der Waals surface area (Å²) in [4.78, 5) is 22.2. The molecular weight excluding hydrogens is 274 g/mol. The summed E-state index contributed by atoms with van der Waals surface area (Å²) in [5, 5.41) is 13.5. The molecule has 0 aliphatic carbocycles. The molecule has 0 saturated carbocycles. The molecule has 21 heavy (non-hydrogen) atoms. The van der Waals surface area contributed by atoms with Crippen LogP contribution in [0.1, 0.15) is 25.8 Å². The second-order valence-electron chi connectivity index (χ2n) is 5.27. The third kappa shape index (κ3) is 4.80. The van der Waals surface area contributed by atoms with Crippen LogP contribution in [0.3, 0.4) is 0 Å². The number of nitro groups is 1. The Kier molecular flexibility index (Phi) is 5.80. The van der Waals surface area contributed by atoms with E-state index in [2.05, 4.69) is 5.32 Å². The fraction of sp³-hybridized carbons (Fsp3) is 0.500. The molecule has 0 spiro atoms. The van der Waals surface area contributed by atoms with Gasteiger partial charge < -0.3 is 15.8 Å². The van der Waals surface area contributed by atoms with Crippen LogP contribution in [-0.2, 0) is 15.1 Å². The predicted molar refractivity (Wildman–Crippen MR) is 78.7 cm³/mol. The molecule has 1 amide bonds. The van der Waals surface area contributed by atoms with Gasteiger partial charge in [-0.05, 0) is 31.5 Å². The number of ether oxygens (including phenoxy) is 1. The molecule has 1 rings (SSSR count). The van der Waals surface area contributed by atoms with Crippen molar-refractivity contribution in [1.29, 1.82) is 0 Å². The van der Waals surface area contributed by atoms with Crippen LogP contribution < -0.4 is 11.1 Å². The highest BCUT2D eigenvalue weighted by molar-refractivity contribution is 5.77. The Hall–Kier alpha value is -1.99. The zero-order chi connectivity index (χ0) is 16.0. The molecule has 116 valence electrons. The molecular formula is C14H21N3O4. The zero-order valence-electron chi connectivity index (χ0n) is 12.5. The SMILES string of the molecule is COC(CN)CC(=O)NC(C)(C)c1ccc([N+](=O)[O-])cc1. The molecule has 0 bridgehead atoms. The van der Waals surface area contributed by atoms with Crippen LogP contribution in [0.5, 0.6) is 0 Å². The smallest absolute Gasteiger partial charge is 0.269 e. The van der Waals surface area contributed by atoms with Gasteiger partial charge in [0, 0.05) is 25.8 Å². The second-order valence-corrected chi connectivity index (χ2v) is 5.27. The number of carbonyl (C=O) groups is 1. The van der Waals surface area contributed by atoms with Gasteiger partial charge in [-0.2, -0.15) is 0 Å². The zero-order valence-corrected chi connectivity index (χ0v) is 12.5. The number of rotatable bonds is 7. The molecule has 7 nitrogen and oxygen atoms in total. The lowest BCUT2D eigenvalue weighted by molar-refractivity contribution is -0.384. The summed E-state index contributed by atoms with van der Waals surface area (Å²) < 4.78 is 5.07. The molecule has 1 aromatic carbocycles. The third-order valence-electron chi connectivity index (χ3n) is 3.26. The van der Waals surface area contributed by atoms with Crippen LogP contribution in [0.2, 0.25) is 0 Å². The molecule has 0 aliphatic rings. The number of nitrogens with two attached hydrogens (primary N) is 1. The van der Waals surface area contributed by atoms with E-state index in [1.54, 1.807) is 12.1 Å². The molecule has 3 N–H and O–H groups in total. The van der Waals surface area contributed by atoms with E-state index < -0.39 is 10.5 Å². The van der Waals surface area contributed by atoms with Gasteiger partial charge in [-0.25, -0.2) is 0 Å². The van der Waals surface area contributed by atoms with E-state index in [4.69, 9.17) is 10.5 Å². The maximum Gasteiger partial charge on any atom is 0.269 e. The van der Waals surface area contributed by atoms with Crippen molar-refractivity contribution in [2.45, 2.75) is 31.9 Å². The van der Waals surface area contributed by atoms with Crippen molar-refractivity contribution in [3.05, 3.63) is 39.9 Å². The quantitative estimate of drug-likeness (QED) is 0.582. The maximum absolute atomic E-state index is 12.0. The van der Waals surface area contributed by atoms with Crippen molar-refractivity contribution in [1.82, 2.24) is 5.32 Å². The van der Waals surface area contributed by atoms with Crippen LogP contribution in [0, 0.1) is 10.1 Å². The summed E-state index contributed by atoms with van der Waals surface area (Å²) in [6.45, 7) is 3.93. The first-order chi connectivity index (χ1) is 9.80. The molecule has 1 aromatic rings. The largest absolute Gasteiger partial charge is 0.380 e. The van der Waals surface area contributed by atoms with E-state index >= 15 is 0 Å². The number of non-ortho nitro benzene ring substituents is 1. The van der Waals surface area contributed by atoms with E-state index in [0.717, 1.165) is 5.56 Å². The van der Waals surface area contributed by atoms with Gasteiger partial charge in [0.1, 0.15) is 0 Å². The number of methoxy groups -OCH3 is 1. The minimum Gasteiger partial charge on any atom is -0.380 e. The summed E-state index contributed by atoms with van der Waals surface area (Å²) in [5.74, 6) is -0.185. The van der Waals surface area contributed by atoms with E-state index in [1.807, 2.05) is 13.8 Å². The number of benzene rings is 1. The highest BCUT2D eigenvalue weighted by atomic mass is 16.6. The van der Waals surface area contributed by atoms with Gasteiger partial charge in [-0.3, -0.25) is 14.9 Å². The lowest BCUT2D eigenvalue weighted by Gasteiger charge is -2.27. The number of carbonyl (C=O) groups excluding carboxylic acids is 1. The van der Waals surface area contributed by atoms with Crippen LogP contribution in [-0.4, -0.2) is 30.6 Å². The summed E-state index contributed by atoms with van der Waals surface area (Å²) in [6.07, 6.45) is -0.152. The number of nitrogens with one attached hydrogen (secondary N) is 1. The van der Waals surface area contributed by atoms with Gasteiger partial charge in [-0.15, -0.1) is 0 Å². The Labute approximate surface area is 123 Å². The van der Waals surface area contributed by atoms with E-state index in [0.29, 0.717) is 0 Å². The Morgan fingerprint density at radius 2 is 2.00 bits per heavy atom. The highest BCUT2D eigenvalue weighted by Crippen LogP contribution is 2.23. The normalized spacial score (nSPS) is 12.8. The minimum absolute atomic E-state index is 0.0171. The summed E-state index contributed by atoms with van der Waals surface area (Å²) in [5.41, 5.74) is 5.64. The molecule has 0 aliphatic heterocycles. The van der Waals surface area contributed by atoms with Gasteiger partial charge in [0.2, 0.25) is 5.91 Å². The van der Waals surface area contributed by atoms with Crippen molar-refractivity contribution < 1.29 is 14.5 Å². The lowest BCUT2D eigenvalue weighted by Crippen LogP contribution is -2.43. The van der Waals surface area contributed by atoms with E-state index in [1.165, 1.54) is 19.2 Å². The van der Waals surface area contributed by atoms with Gasteiger partial charge in [-0.1, -0.05) is 0 Å². The number of nitro benzene ring substituents is 1. The topological polar surface area (TPSA) is 107 Å². The van der Waals surface area contributed by atoms with Crippen LogP contribution in [0.25, 0.3) is 0 Å². The van der Waals surface area contributed by atoms with Crippen molar-refractivity contribution in [2.24, 2.45) is 5.73 Å². The molecule has 0 radical (unpaired) electrons. The number of hydrogen-bond donors (Lipinski definition) is 2. The molecule has 0 fully saturated rings. The van der Waals surface area contributed by atoms with Crippen LogP contribution in [0.4, 0.5) is 5.69 Å². The molecule has 0 saturated heterocycles. The van der Waals surface area contributed by atoms with Crippen molar-refractivity contribution in [3.8, 4) is 0 Å². The summed E-state index contributed by atoms with van der Waals surface area (Å²) in [7, 11) is 1.51. The molecule has 0 heterocycles. The molecule has 1 unspecified atom stereocenters. The fourth-order valence-corrected chi connectivity index (χ4v) is 1.94. The van der Waals surface area contributed by atoms with Gasteiger partial charge >= 0.3 is 0 Å². The Morgan fingerprint density at radius 3 is 2.43 bits per heavy atom. The predicted octanol–water partition coefficient (Wildman–Crippen LogP) is 1.31. The number of amides is 1. The molecule has 0 aromatic heterocycles. The second kappa shape index (κ2) is 7.14. The minimum atomic E-state index is -0.640. The van der Waals surface area contributed by atoms with Crippen molar-refractivity contribution >= 4 is 11.6 Å². The van der Waals surface area contributed by atoms with Crippen molar-refractivity contribution in [2.75, 3.05) is 13.7 Å². The lowest BCUT2D eigenvalue weighted by atomic mass is 9.93. The van der Waals surface area contributed by atoms with Crippen LogP contribution in [0.15, 0.2) is 24.3 Å². The van der Waals surface area contributed by atoms with Gasteiger partial charge in [0.05, 0.1) is 23.0 Å². The summed E-state index contributed by atoms with van der Waals surface area (Å²) >= 11 is 0. The Bertz CT molecular complexity index is 495. The monoisotopic (exact) mass is 295 g/mol. The first-order valence-electron chi connectivity index (χ1n) is 6.59. The number of hydrogen-bond acceptors (Lipinski definition) is 5. The third-order valence-corrected chi connectivity index (χ3v) is 3.26. The Morgan fingerprint density at radius 1 is 1.43 bits per heavy atom. The average molecular weight is 295 g/mol. The van der Waals surface area contributed by atoms with Crippen LogP contribution >= 0.6 is 0 Å². The highest BCUT2D eigenvalue weighted by Gasteiger charge is 2.24. The summed E-state index contributed by atoms with van der Waals surface area (Å²) in [6, 6.07) is 6.10. The van der Waals surface area contributed by atoms with Gasteiger partial charge in [0.15, 0.2) is 0 Å². The molecule has 7 heteroatoms. The maximum atomic E-state index is 12.0. The van der Waals surface area contributed by atoms with Crippen molar-refractivity contribution in [3.63, 3.8) is 0 Å². The average Bonchev–Trinajstić information content (AvgIpc) is 2.44. The number of nitrogens with zero attached hydrogens (tertiary/aromatic N) is 1. The fourth-order valence-electron chi connectivity index (χ4n) is 1.94. The van der Waals surface area contributed by atoms with Gasteiger partial charge in [0.25, 0.3) is 5.69 Å². The first-order valence-corrected chi connectivity index (χ1v) is 6.59. The van der Waals surface area contributed by atoms with E-state index in [-0.39, 0.29) is 30.7 Å². The Balaban J connectivity index is 2.76. The molecule has 1 atom stereocenters. The van der Waals surface area contributed by atoms with E-state index in [9.17, 15) is 14.9 Å². The first kappa shape index (κ1) is 17.1.